The van der Waals surface area contributed by atoms with E-state index in [4.69, 9.17) is 7.85 Å². The second-order valence-corrected chi connectivity index (χ2v) is 2.42. The lowest BCUT2D eigenvalue weighted by Crippen LogP contribution is -2.03. The zero-order chi connectivity index (χ0) is 7.68. The lowest BCUT2D eigenvalue weighted by atomic mass is 9.93. The smallest absolute Gasteiger partial charge is 0.116 e. The van der Waals surface area contributed by atoms with Gasteiger partial charge in [-0.3, -0.25) is 4.98 Å². The fourth-order valence-electron chi connectivity index (χ4n) is 1.13. The molecule has 11 heavy (non-hydrogen) atoms. The van der Waals surface area contributed by atoms with Crippen molar-refractivity contribution in [2.75, 3.05) is 0 Å². The van der Waals surface area contributed by atoms with Gasteiger partial charge in [0.05, 0.1) is 5.52 Å². The van der Waals surface area contributed by atoms with Crippen LogP contribution < -0.4 is 5.46 Å². The van der Waals surface area contributed by atoms with E-state index in [9.17, 15) is 0 Å². The molecule has 0 bridgehead atoms. The summed E-state index contributed by atoms with van der Waals surface area (Å²) in [5, 5.41) is 1.09. The van der Waals surface area contributed by atoms with Crippen LogP contribution in [0.2, 0.25) is 0 Å². The first-order chi connectivity index (χ1) is 5.38. The first-order valence-electron chi connectivity index (χ1n) is 3.47. The minimum Gasteiger partial charge on any atom is -0.257 e. The van der Waals surface area contributed by atoms with Gasteiger partial charge in [0, 0.05) is 6.20 Å². The zero-order valence-corrected chi connectivity index (χ0v) is 5.99. The van der Waals surface area contributed by atoms with Gasteiger partial charge >= 0.3 is 0 Å². The van der Waals surface area contributed by atoms with Crippen LogP contribution in [-0.2, 0) is 0 Å². The van der Waals surface area contributed by atoms with E-state index in [0.717, 1.165) is 16.4 Å². The van der Waals surface area contributed by atoms with Gasteiger partial charge in [-0.15, -0.1) is 0 Å². The van der Waals surface area contributed by atoms with Gasteiger partial charge in [0.2, 0.25) is 0 Å². The maximum absolute atomic E-state index is 5.69. The van der Waals surface area contributed by atoms with Gasteiger partial charge in [0.1, 0.15) is 7.85 Å². The van der Waals surface area contributed by atoms with Crippen molar-refractivity contribution in [3.05, 3.63) is 36.5 Å². The second-order valence-electron chi connectivity index (χ2n) is 2.42. The normalized spacial score (nSPS) is 10.2. The number of rotatable bonds is 0. The number of aromatic nitrogens is 1. The van der Waals surface area contributed by atoms with Crippen molar-refractivity contribution in [1.82, 2.24) is 4.98 Å². The number of hydrogen-bond donors (Lipinski definition) is 0. The summed E-state index contributed by atoms with van der Waals surface area (Å²) >= 11 is 0. The van der Waals surface area contributed by atoms with Gasteiger partial charge in [-0.05, 0) is 11.5 Å². The maximum Gasteiger partial charge on any atom is 0.116 e. The van der Waals surface area contributed by atoms with Crippen LogP contribution in [0, 0.1) is 0 Å². The van der Waals surface area contributed by atoms with Crippen molar-refractivity contribution in [2.45, 2.75) is 0 Å². The Labute approximate surface area is 66.5 Å². The van der Waals surface area contributed by atoms with E-state index in [-0.39, 0.29) is 0 Å². The van der Waals surface area contributed by atoms with E-state index in [1.165, 1.54) is 0 Å². The molecule has 1 heterocycles. The predicted molar refractivity (Wildman–Crippen MR) is 47.1 cm³/mol. The van der Waals surface area contributed by atoms with Gasteiger partial charge < -0.3 is 0 Å². The minimum atomic E-state index is 0.739. The summed E-state index contributed by atoms with van der Waals surface area (Å²) in [5.74, 6) is 0. The molecule has 0 amide bonds. The summed E-state index contributed by atoms with van der Waals surface area (Å²) in [4.78, 5) is 4.16. The van der Waals surface area contributed by atoms with Crippen LogP contribution in [0.3, 0.4) is 0 Å². The van der Waals surface area contributed by atoms with E-state index < -0.39 is 0 Å². The predicted octanol–water partition coefficient (Wildman–Crippen LogP) is 1.03. The van der Waals surface area contributed by atoms with Crippen LogP contribution in [0.15, 0.2) is 36.5 Å². The van der Waals surface area contributed by atoms with Gasteiger partial charge in [0.15, 0.2) is 0 Å². The Kier molecular flexibility index (Phi) is 1.39. The Hall–Kier alpha value is -1.31. The summed E-state index contributed by atoms with van der Waals surface area (Å²) in [7, 11) is 5.69. The number of hydrogen-bond acceptors (Lipinski definition) is 1. The van der Waals surface area contributed by atoms with Crippen molar-refractivity contribution < 1.29 is 0 Å². The third kappa shape index (κ3) is 1.00. The van der Waals surface area contributed by atoms with E-state index >= 15 is 0 Å². The molecule has 1 aromatic carbocycles. The number of para-hydroxylation sites is 1. The molecule has 0 aliphatic carbocycles. The van der Waals surface area contributed by atoms with E-state index in [1.807, 2.05) is 30.3 Å². The molecule has 0 atom stereocenters. The summed E-state index contributed by atoms with van der Waals surface area (Å²) in [6, 6.07) is 9.69. The number of benzene rings is 1. The van der Waals surface area contributed by atoms with Crippen molar-refractivity contribution in [2.24, 2.45) is 0 Å². The highest BCUT2D eigenvalue weighted by Crippen LogP contribution is 2.05. The van der Waals surface area contributed by atoms with Crippen LogP contribution in [0.1, 0.15) is 0 Å². The van der Waals surface area contributed by atoms with Crippen molar-refractivity contribution in [3.8, 4) is 0 Å². The van der Waals surface area contributed by atoms with Gasteiger partial charge in [0.25, 0.3) is 0 Å². The fraction of sp³-hybridized carbons (Fsp3) is 0. The molecule has 0 aliphatic heterocycles. The molecule has 2 heteroatoms. The quantitative estimate of drug-likeness (QED) is 0.496. The summed E-state index contributed by atoms with van der Waals surface area (Å²) in [6.45, 7) is 0. The van der Waals surface area contributed by atoms with Crippen LogP contribution in [0.25, 0.3) is 10.9 Å². The molecule has 0 fully saturated rings. The molecular formula is C9H6BN. The average molecular weight is 139 g/mol. The lowest BCUT2D eigenvalue weighted by molar-refractivity contribution is 1.42. The topological polar surface area (TPSA) is 12.9 Å². The Morgan fingerprint density at radius 1 is 1.09 bits per heavy atom. The highest BCUT2D eigenvalue weighted by molar-refractivity contribution is 6.38. The zero-order valence-electron chi connectivity index (χ0n) is 5.99. The Bertz CT molecular complexity index is 379. The van der Waals surface area contributed by atoms with Gasteiger partial charge in [-0.25, -0.2) is 0 Å². The molecule has 0 aliphatic rings. The molecule has 0 saturated heterocycles. The minimum absolute atomic E-state index is 0.739. The average Bonchev–Trinajstić information content (AvgIpc) is 2.06. The molecule has 0 spiro atoms. The van der Waals surface area contributed by atoms with Crippen molar-refractivity contribution >= 4 is 24.2 Å². The molecule has 1 aromatic heterocycles. The molecule has 50 valence electrons. The summed E-state index contributed by atoms with van der Waals surface area (Å²) in [6.07, 6.45) is 1.75. The van der Waals surface area contributed by atoms with E-state index in [2.05, 4.69) is 4.98 Å². The van der Waals surface area contributed by atoms with E-state index in [0.29, 0.717) is 0 Å². The summed E-state index contributed by atoms with van der Waals surface area (Å²) in [5.41, 5.74) is 1.62. The highest BCUT2D eigenvalue weighted by atomic mass is 14.6. The largest absolute Gasteiger partial charge is 0.257 e. The standard InChI is InChI=1S/C9H6BN/c10-8-5-1-3-7-4-2-6-11-9(7)8/h1-6H. The summed E-state index contributed by atoms with van der Waals surface area (Å²) < 4.78 is 0. The van der Waals surface area contributed by atoms with Gasteiger partial charge in [-0.1, -0.05) is 29.7 Å². The second kappa shape index (κ2) is 2.38. The van der Waals surface area contributed by atoms with Gasteiger partial charge in [-0.2, -0.15) is 0 Å². The van der Waals surface area contributed by atoms with E-state index in [1.54, 1.807) is 6.20 Å². The Morgan fingerprint density at radius 2 is 1.91 bits per heavy atom. The first kappa shape index (κ1) is 6.41. The fourth-order valence-corrected chi connectivity index (χ4v) is 1.13. The number of pyridine rings is 1. The third-order valence-electron chi connectivity index (χ3n) is 1.66. The van der Waals surface area contributed by atoms with Crippen LogP contribution in [0.4, 0.5) is 0 Å². The molecular weight excluding hydrogens is 133 g/mol. The monoisotopic (exact) mass is 139 g/mol. The lowest BCUT2D eigenvalue weighted by Gasteiger charge is -1.98. The van der Waals surface area contributed by atoms with Crippen LogP contribution >= 0.6 is 0 Å². The Balaban J connectivity index is 2.91. The van der Waals surface area contributed by atoms with Crippen LogP contribution in [0.5, 0.6) is 0 Å². The molecule has 2 radical (unpaired) electrons. The highest BCUT2D eigenvalue weighted by Gasteiger charge is 1.93. The molecule has 2 rings (SSSR count). The number of fused-ring (bicyclic) bond motifs is 1. The van der Waals surface area contributed by atoms with Crippen molar-refractivity contribution in [3.63, 3.8) is 0 Å². The van der Waals surface area contributed by atoms with Crippen molar-refractivity contribution in [1.29, 1.82) is 0 Å². The van der Waals surface area contributed by atoms with Crippen LogP contribution in [-0.4, -0.2) is 12.8 Å². The first-order valence-corrected chi connectivity index (χ1v) is 3.47. The molecule has 0 N–H and O–H groups in total. The molecule has 2 aromatic rings. The molecule has 0 saturated carbocycles. The SMILES string of the molecule is [B]c1cccc2cccnc12. The molecule has 0 unspecified atom stereocenters. The molecule has 1 nitrogen and oxygen atoms in total. The Morgan fingerprint density at radius 3 is 2.73 bits per heavy atom. The third-order valence-corrected chi connectivity index (χ3v) is 1.66. The number of nitrogens with zero attached hydrogens (tertiary/aromatic N) is 1. The maximum atomic E-state index is 5.69.